The molecule has 1 aliphatic carbocycles. The fourth-order valence-electron chi connectivity index (χ4n) is 3.00. The molecular formula is C17H23N3S. The van der Waals surface area contributed by atoms with Gasteiger partial charge in [-0.2, -0.15) is 0 Å². The number of nitrogens with one attached hydrogen (secondary N) is 1. The van der Waals surface area contributed by atoms with Crippen LogP contribution in [0.1, 0.15) is 40.6 Å². The number of aryl methyl sites for hydroxylation is 2. The van der Waals surface area contributed by atoms with Crippen molar-refractivity contribution in [3.8, 4) is 0 Å². The number of thiazole rings is 1. The first-order valence-electron chi connectivity index (χ1n) is 7.61. The van der Waals surface area contributed by atoms with Crippen molar-refractivity contribution in [1.82, 2.24) is 10.3 Å². The molecule has 1 aromatic heterocycles. The molecule has 0 spiro atoms. The molecule has 1 N–H and O–H groups in total. The summed E-state index contributed by atoms with van der Waals surface area (Å²) in [7, 11) is 4.18. The number of benzene rings is 1. The van der Waals surface area contributed by atoms with Crippen molar-refractivity contribution in [2.24, 2.45) is 0 Å². The van der Waals surface area contributed by atoms with Gasteiger partial charge in [0, 0.05) is 18.5 Å². The quantitative estimate of drug-likeness (QED) is 0.933. The molecule has 3 rings (SSSR count). The van der Waals surface area contributed by atoms with Gasteiger partial charge in [0.1, 0.15) is 0 Å². The summed E-state index contributed by atoms with van der Waals surface area (Å²) in [5.41, 5.74) is 3.94. The third-order valence-electron chi connectivity index (χ3n) is 4.12. The van der Waals surface area contributed by atoms with Crippen LogP contribution in [0, 0.1) is 6.92 Å². The molecule has 0 radical (unpaired) electrons. The topological polar surface area (TPSA) is 28.2 Å². The van der Waals surface area contributed by atoms with E-state index < -0.39 is 0 Å². The van der Waals surface area contributed by atoms with E-state index in [2.05, 4.69) is 48.5 Å². The Morgan fingerprint density at radius 3 is 3.05 bits per heavy atom. The van der Waals surface area contributed by atoms with Gasteiger partial charge < -0.3 is 10.2 Å². The van der Waals surface area contributed by atoms with Gasteiger partial charge in [-0.05, 0) is 38.8 Å². The highest BCUT2D eigenvalue weighted by Gasteiger charge is 2.24. The number of hydrogen-bond donors (Lipinski definition) is 1. The van der Waals surface area contributed by atoms with Crippen molar-refractivity contribution in [2.75, 3.05) is 19.0 Å². The minimum Gasteiger partial charge on any atom is -0.347 e. The number of aromatic nitrogens is 1. The van der Waals surface area contributed by atoms with Crippen LogP contribution in [0.15, 0.2) is 24.3 Å². The van der Waals surface area contributed by atoms with Crippen molar-refractivity contribution in [3.05, 3.63) is 46.0 Å². The van der Waals surface area contributed by atoms with Crippen LogP contribution in [-0.4, -0.2) is 19.1 Å². The summed E-state index contributed by atoms with van der Waals surface area (Å²) in [6, 6.07) is 9.14. The largest absolute Gasteiger partial charge is 0.347 e. The standard InChI is InChI=1S/C17H23N3S/c1-12-6-4-7-13(10-12)11-20(3)17-19-16-14(18-2)8-5-9-15(16)21-17/h4,6-7,10,14,18H,5,8-9,11H2,1-3H3. The second-order valence-electron chi connectivity index (χ2n) is 5.88. The van der Waals surface area contributed by atoms with E-state index >= 15 is 0 Å². The van der Waals surface area contributed by atoms with Crippen LogP contribution in [0.25, 0.3) is 0 Å². The molecule has 21 heavy (non-hydrogen) atoms. The lowest BCUT2D eigenvalue weighted by atomic mass is 9.98. The molecule has 1 aliphatic rings. The molecule has 1 unspecified atom stereocenters. The Labute approximate surface area is 131 Å². The number of hydrogen-bond acceptors (Lipinski definition) is 4. The molecular weight excluding hydrogens is 278 g/mol. The second kappa shape index (κ2) is 6.16. The van der Waals surface area contributed by atoms with Crippen molar-refractivity contribution in [1.29, 1.82) is 0 Å². The van der Waals surface area contributed by atoms with Gasteiger partial charge >= 0.3 is 0 Å². The van der Waals surface area contributed by atoms with Crippen LogP contribution in [0.3, 0.4) is 0 Å². The first-order valence-corrected chi connectivity index (χ1v) is 8.42. The summed E-state index contributed by atoms with van der Waals surface area (Å²) >= 11 is 1.86. The Morgan fingerprint density at radius 2 is 2.29 bits per heavy atom. The van der Waals surface area contributed by atoms with E-state index in [4.69, 9.17) is 4.98 Å². The Morgan fingerprint density at radius 1 is 1.43 bits per heavy atom. The van der Waals surface area contributed by atoms with Gasteiger partial charge in [0.25, 0.3) is 0 Å². The lowest BCUT2D eigenvalue weighted by Crippen LogP contribution is -2.21. The zero-order chi connectivity index (χ0) is 14.8. The minimum absolute atomic E-state index is 0.436. The summed E-state index contributed by atoms with van der Waals surface area (Å²) in [5, 5.41) is 4.54. The zero-order valence-corrected chi connectivity index (χ0v) is 13.8. The molecule has 1 heterocycles. The highest BCUT2D eigenvalue weighted by molar-refractivity contribution is 7.15. The van der Waals surface area contributed by atoms with Crippen LogP contribution in [-0.2, 0) is 13.0 Å². The van der Waals surface area contributed by atoms with E-state index in [1.807, 2.05) is 18.4 Å². The predicted molar refractivity (Wildman–Crippen MR) is 90.1 cm³/mol. The minimum atomic E-state index is 0.436. The zero-order valence-electron chi connectivity index (χ0n) is 13.0. The summed E-state index contributed by atoms with van der Waals surface area (Å²) in [4.78, 5) is 8.64. The highest BCUT2D eigenvalue weighted by Crippen LogP contribution is 2.36. The fraction of sp³-hybridized carbons (Fsp3) is 0.471. The number of nitrogens with zero attached hydrogens (tertiary/aromatic N) is 2. The molecule has 0 saturated carbocycles. The van der Waals surface area contributed by atoms with E-state index in [9.17, 15) is 0 Å². The normalized spacial score (nSPS) is 17.6. The van der Waals surface area contributed by atoms with E-state index in [0.29, 0.717) is 6.04 Å². The predicted octanol–water partition coefficient (Wildman–Crippen LogP) is 3.68. The van der Waals surface area contributed by atoms with Crippen molar-refractivity contribution >= 4 is 16.5 Å². The smallest absolute Gasteiger partial charge is 0.185 e. The number of anilines is 1. The van der Waals surface area contributed by atoms with E-state index in [-0.39, 0.29) is 0 Å². The van der Waals surface area contributed by atoms with Crippen LogP contribution in [0.4, 0.5) is 5.13 Å². The van der Waals surface area contributed by atoms with Gasteiger partial charge in [0.05, 0.1) is 11.7 Å². The van der Waals surface area contributed by atoms with E-state index in [1.54, 1.807) is 0 Å². The lowest BCUT2D eigenvalue weighted by molar-refractivity contribution is 0.490. The third kappa shape index (κ3) is 3.11. The maximum absolute atomic E-state index is 4.90. The average Bonchev–Trinajstić information content (AvgIpc) is 2.91. The Hall–Kier alpha value is -1.39. The maximum atomic E-state index is 4.90. The SMILES string of the molecule is CNC1CCCc2sc(N(C)Cc3cccc(C)c3)nc21. The summed E-state index contributed by atoms with van der Waals surface area (Å²) < 4.78 is 0. The van der Waals surface area contributed by atoms with Crippen molar-refractivity contribution < 1.29 is 0 Å². The molecule has 4 heteroatoms. The Kier molecular flexibility index (Phi) is 4.27. The Balaban J connectivity index is 1.79. The summed E-state index contributed by atoms with van der Waals surface area (Å²) in [6.07, 6.45) is 3.65. The first kappa shape index (κ1) is 14.5. The van der Waals surface area contributed by atoms with Gasteiger partial charge in [-0.15, -0.1) is 11.3 Å². The molecule has 1 aromatic carbocycles. The van der Waals surface area contributed by atoms with E-state index in [1.165, 1.54) is 41.0 Å². The maximum Gasteiger partial charge on any atom is 0.185 e. The van der Waals surface area contributed by atoms with Gasteiger partial charge in [0.2, 0.25) is 0 Å². The molecule has 1 atom stereocenters. The van der Waals surface area contributed by atoms with Crippen LogP contribution >= 0.6 is 11.3 Å². The highest BCUT2D eigenvalue weighted by atomic mass is 32.1. The molecule has 0 fully saturated rings. The van der Waals surface area contributed by atoms with E-state index in [0.717, 1.165) is 11.7 Å². The fourth-order valence-corrected chi connectivity index (χ4v) is 4.13. The summed E-state index contributed by atoms with van der Waals surface area (Å²) in [5.74, 6) is 0. The first-order chi connectivity index (χ1) is 10.2. The third-order valence-corrected chi connectivity index (χ3v) is 5.37. The molecule has 0 aliphatic heterocycles. The lowest BCUT2D eigenvalue weighted by Gasteiger charge is -2.20. The molecule has 112 valence electrons. The summed E-state index contributed by atoms with van der Waals surface area (Å²) in [6.45, 7) is 3.06. The van der Waals surface area contributed by atoms with Crippen LogP contribution < -0.4 is 10.2 Å². The van der Waals surface area contributed by atoms with Crippen molar-refractivity contribution in [2.45, 2.75) is 38.8 Å². The number of fused-ring (bicyclic) bond motifs is 1. The van der Waals surface area contributed by atoms with Crippen molar-refractivity contribution in [3.63, 3.8) is 0 Å². The molecule has 0 bridgehead atoms. The molecule has 0 saturated heterocycles. The monoisotopic (exact) mass is 301 g/mol. The second-order valence-corrected chi connectivity index (χ2v) is 6.95. The molecule has 0 amide bonds. The van der Waals surface area contributed by atoms with Gasteiger partial charge in [-0.1, -0.05) is 29.8 Å². The molecule has 3 nitrogen and oxygen atoms in total. The van der Waals surface area contributed by atoms with Gasteiger partial charge in [-0.3, -0.25) is 0 Å². The number of rotatable bonds is 4. The Bertz CT molecular complexity index is 620. The van der Waals surface area contributed by atoms with Crippen LogP contribution in [0.5, 0.6) is 0 Å². The van der Waals surface area contributed by atoms with Crippen LogP contribution in [0.2, 0.25) is 0 Å². The molecule has 2 aromatic rings. The van der Waals surface area contributed by atoms with Gasteiger partial charge in [-0.25, -0.2) is 4.98 Å². The van der Waals surface area contributed by atoms with Gasteiger partial charge in [0.15, 0.2) is 5.13 Å². The average molecular weight is 301 g/mol.